The molecule has 2 nitrogen and oxygen atoms in total. The third kappa shape index (κ3) is 3.08. The predicted octanol–water partition coefficient (Wildman–Crippen LogP) is 3.94. The van der Waals surface area contributed by atoms with Crippen LogP contribution in [0.5, 0.6) is 0 Å². The molecule has 2 aromatic rings. The SMILES string of the molecule is Cc1cccc(C(NN)c2ccc(Cl)cc2F)c1I. The van der Waals surface area contributed by atoms with Gasteiger partial charge in [-0.25, -0.2) is 9.82 Å². The zero-order valence-electron chi connectivity index (χ0n) is 10.3. The van der Waals surface area contributed by atoms with Crippen molar-refractivity contribution in [3.63, 3.8) is 0 Å². The number of hydrazine groups is 1. The molecule has 0 aliphatic carbocycles. The molecular weight excluding hydrogens is 378 g/mol. The van der Waals surface area contributed by atoms with E-state index in [9.17, 15) is 4.39 Å². The van der Waals surface area contributed by atoms with Crippen LogP contribution in [-0.4, -0.2) is 0 Å². The molecule has 0 aliphatic rings. The van der Waals surface area contributed by atoms with Gasteiger partial charge in [-0.2, -0.15) is 0 Å². The molecule has 0 saturated heterocycles. The van der Waals surface area contributed by atoms with Crippen LogP contribution in [0, 0.1) is 16.3 Å². The Morgan fingerprint density at radius 2 is 2.00 bits per heavy atom. The maximum Gasteiger partial charge on any atom is 0.129 e. The molecule has 1 unspecified atom stereocenters. The van der Waals surface area contributed by atoms with Gasteiger partial charge in [0.15, 0.2) is 0 Å². The standard InChI is InChI=1S/C14H13ClFIN2/c1-8-3-2-4-11(13(8)17)14(19-18)10-6-5-9(15)7-12(10)16/h2-7,14,19H,18H2,1H3. The molecule has 0 fully saturated rings. The lowest BCUT2D eigenvalue weighted by Crippen LogP contribution is -2.30. The number of halogens is 3. The number of nitrogens with two attached hydrogens (primary N) is 1. The molecule has 1 atom stereocenters. The molecule has 0 bridgehead atoms. The van der Waals surface area contributed by atoms with Crippen LogP contribution < -0.4 is 11.3 Å². The molecule has 2 aromatic carbocycles. The van der Waals surface area contributed by atoms with E-state index in [2.05, 4.69) is 28.0 Å². The van der Waals surface area contributed by atoms with Crippen LogP contribution in [0.25, 0.3) is 0 Å². The summed E-state index contributed by atoms with van der Waals surface area (Å²) in [5.41, 5.74) is 5.24. The van der Waals surface area contributed by atoms with Crippen molar-refractivity contribution in [2.45, 2.75) is 13.0 Å². The van der Waals surface area contributed by atoms with Gasteiger partial charge in [0, 0.05) is 14.2 Å². The fraction of sp³-hybridized carbons (Fsp3) is 0.143. The maximum absolute atomic E-state index is 14.0. The minimum absolute atomic E-state index is 0.368. The predicted molar refractivity (Wildman–Crippen MR) is 84.5 cm³/mol. The fourth-order valence-electron chi connectivity index (χ4n) is 1.98. The highest BCUT2D eigenvalue weighted by Crippen LogP contribution is 2.30. The van der Waals surface area contributed by atoms with E-state index in [-0.39, 0.29) is 5.82 Å². The summed E-state index contributed by atoms with van der Waals surface area (Å²) in [6.07, 6.45) is 0. The molecule has 0 aliphatic heterocycles. The van der Waals surface area contributed by atoms with E-state index >= 15 is 0 Å². The Balaban J connectivity index is 2.53. The van der Waals surface area contributed by atoms with Crippen LogP contribution in [-0.2, 0) is 0 Å². The van der Waals surface area contributed by atoms with E-state index < -0.39 is 6.04 Å². The van der Waals surface area contributed by atoms with Crippen LogP contribution in [0.4, 0.5) is 4.39 Å². The van der Waals surface area contributed by atoms with Crippen molar-refractivity contribution in [1.29, 1.82) is 0 Å². The molecule has 5 heteroatoms. The van der Waals surface area contributed by atoms with Crippen LogP contribution in [0.1, 0.15) is 22.7 Å². The molecular formula is C14H13ClFIN2. The van der Waals surface area contributed by atoms with Gasteiger partial charge in [-0.15, -0.1) is 0 Å². The second kappa shape index (κ2) is 6.17. The molecule has 0 heterocycles. The van der Waals surface area contributed by atoms with Gasteiger partial charge in [0.1, 0.15) is 5.82 Å². The summed E-state index contributed by atoms with van der Waals surface area (Å²) in [4.78, 5) is 0. The molecule has 0 aromatic heterocycles. The first-order chi connectivity index (χ1) is 9.04. The van der Waals surface area contributed by atoms with Gasteiger partial charge in [-0.05, 0) is 52.8 Å². The average molecular weight is 391 g/mol. The van der Waals surface area contributed by atoms with Crippen molar-refractivity contribution in [2.24, 2.45) is 5.84 Å². The van der Waals surface area contributed by atoms with Gasteiger partial charge >= 0.3 is 0 Å². The summed E-state index contributed by atoms with van der Waals surface area (Å²) in [7, 11) is 0. The van der Waals surface area contributed by atoms with Crippen LogP contribution >= 0.6 is 34.2 Å². The number of hydrogen-bond donors (Lipinski definition) is 2. The van der Waals surface area contributed by atoms with E-state index in [1.165, 1.54) is 6.07 Å². The van der Waals surface area contributed by atoms with E-state index in [0.29, 0.717) is 10.6 Å². The Kier molecular flexibility index (Phi) is 4.78. The van der Waals surface area contributed by atoms with Gasteiger partial charge in [-0.1, -0.05) is 35.9 Å². The molecule has 0 radical (unpaired) electrons. The quantitative estimate of drug-likeness (QED) is 0.473. The molecule has 0 saturated carbocycles. The normalized spacial score (nSPS) is 12.5. The molecule has 0 amide bonds. The van der Waals surface area contributed by atoms with E-state index in [1.807, 2.05) is 25.1 Å². The monoisotopic (exact) mass is 390 g/mol. The van der Waals surface area contributed by atoms with Crippen LogP contribution in [0.15, 0.2) is 36.4 Å². The first-order valence-corrected chi connectivity index (χ1v) is 7.16. The fourth-order valence-corrected chi connectivity index (χ4v) is 2.81. The smallest absolute Gasteiger partial charge is 0.129 e. The molecule has 2 rings (SSSR count). The lowest BCUT2D eigenvalue weighted by Gasteiger charge is -2.20. The lowest BCUT2D eigenvalue weighted by molar-refractivity contribution is 0.559. The van der Waals surface area contributed by atoms with Crippen LogP contribution in [0.2, 0.25) is 5.02 Å². The van der Waals surface area contributed by atoms with Crippen LogP contribution in [0.3, 0.4) is 0 Å². The van der Waals surface area contributed by atoms with Gasteiger partial charge in [0.05, 0.1) is 6.04 Å². The highest BCUT2D eigenvalue weighted by molar-refractivity contribution is 14.1. The van der Waals surface area contributed by atoms with Crippen molar-refractivity contribution in [3.8, 4) is 0 Å². The molecule has 19 heavy (non-hydrogen) atoms. The summed E-state index contributed by atoms with van der Waals surface area (Å²) < 4.78 is 15.1. The topological polar surface area (TPSA) is 38.0 Å². The van der Waals surface area contributed by atoms with E-state index in [1.54, 1.807) is 12.1 Å². The zero-order chi connectivity index (χ0) is 14.0. The molecule has 3 N–H and O–H groups in total. The number of hydrogen-bond acceptors (Lipinski definition) is 2. The largest absolute Gasteiger partial charge is 0.271 e. The van der Waals surface area contributed by atoms with Crippen molar-refractivity contribution in [3.05, 3.63) is 67.5 Å². The van der Waals surface area contributed by atoms with Crippen molar-refractivity contribution < 1.29 is 4.39 Å². The Morgan fingerprint density at radius 1 is 1.26 bits per heavy atom. The Morgan fingerprint density at radius 3 is 2.63 bits per heavy atom. The minimum Gasteiger partial charge on any atom is -0.271 e. The van der Waals surface area contributed by atoms with Crippen molar-refractivity contribution in [1.82, 2.24) is 5.43 Å². The zero-order valence-corrected chi connectivity index (χ0v) is 13.2. The Labute approximate surface area is 130 Å². The van der Waals surface area contributed by atoms with Gasteiger partial charge < -0.3 is 0 Å². The van der Waals surface area contributed by atoms with Gasteiger partial charge in [0.2, 0.25) is 0 Å². The lowest BCUT2D eigenvalue weighted by atomic mass is 9.97. The second-order valence-corrected chi connectivity index (χ2v) is 5.76. The van der Waals surface area contributed by atoms with E-state index in [0.717, 1.165) is 14.7 Å². The Bertz CT molecular complexity index is 604. The maximum atomic E-state index is 14.0. The third-order valence-electron chi connectivity index (χ3n) is 2.97. The third-order valence-corrected chi connectivity index (χ3v) is 4.68. The number of rotatable bonds is 3. The number of benzene rings is 2. The molecule has 100 valence electrons. The van der Waals surface area contributed by atoms with Gasteiger partial charge in [-0.3, -0.25) is 5.84 Å². The molecule has 0 spiro atoms. The average Bonchev–Trinajstić information content (AvgIpc) is 2.37. The summed E-state index contributed by atoms with van der Waals surface area (Å²) in [6.45, 7) is 2.01. The van der Waals surface area contributed by atoms with Crippen molar-refractivity contribution >= 4 is 34.2 Å². The summed E-state index contributed by atoms with van der Waals surface area (Å²) in [5, 5.41) is 0.371. The summed E-state index contributed by atoms with van der Waals surface area (Å²) >= 11 is 8.02. The van der Waals surface area contributed by atoms with Crippen molar-refractivity contribution in [2.75, 3.05) is 0 Å². The first-order valence-electron chi connectivity index (χ1n) is 5.70. The number of nitrogens with one attached hydrogen (secondary N) is 1. The summed E-state index contributed by atoms with van der Waals surface area (Å²) in [6, 6.07) is 10.1. The van der Waals surface area contributed by atoms with E-state index in [4.69, 9.17) is 17.4 Å². The highest BCUT2D eigenvalue weighted by atomic mass is 127. The van der Waals surface area contributed by atoms with Gasteiger partial charge in [0.25, 0.3) is 0 Å². The second-order valence-electron chi connectivity index (χ2n) is 4.24. The minimum atomic E-state index is -0.399. The summed E-state index contributed by atoms with van der Waals surface area (Å²) in [5.74, 6) is 5.24. The highest BCUT2D eigenvalue weighted by Gasteiger charge is 2.19. The number of aryl methyl sites for hydroxylation is 1. The first kappa shape index (κ1) is 14.7. The Hall–Kier alpha value is -0.690.